The number of aromatic nitrogens is 2. The van der Waals surface area contributed by atoms with Gasteiger partial charge in [0.2, 0.25) is 11.8 Å². The number of rotatable bonds is 6. The molecule has 3 amide bonds. The van der Waals surface area contributed by atoms with E-state index < -0.39 is 23.8 Å². The summed E-state index contributed by atoms with van der Waals surface area (Å²) in [6, 6.07) is 12.4. The number of carbonyl (C=O) groups is 3. The van der Waals surface area contributed by atoms with Crippen molar-refractivity contribution in [2.24, 2.45) is 0 Å². The Labute approximate surface area is 227 Å². The molecule has 0 radical (unpaired) electrons. The van der Waals surface area contributed by atoms with Crippen LogP contribution in [0.2, 0.25) is 0 Å². The van der Waals surface area contributed by atoms with Crippen LogP contribution >= 0.6 is 0 Å². The van der Waals surface area contributed by atoms with Crippen molar-refractivity contribution in [2.45, 2.75) is 57.8 Å². The molecule has 2 aromatic carbocycles. The first-order valence-electron chi connectivity index (χ1n) is 13.0. The van der Waals surface area contributed by atoms with Gasteiger partial charge in [-0.2, -0.15) is 13.2 Å². The third-order valence-electron chi connectivity index (χ3n) is 7.53. The van der Waals surface area contributed by atoms with E-state index in [-0.39, 0.29) is 31.4 Å². The minimum Gasteiger partial charge on any atom is -0.489 e. The van der Waals surface area contributed by atoms with E-state index in [1.54, 1.807) is 22.8 Å². The highest BCUT2D eigenvalue weighted by molar-refractivity contribution is 6.05. The van der Waals surface area contributed by atoms with Gasteiger partial charge < -0.3 is 14.2 Å². The molecule has 40 heavy (non-hydrogen) atoms. The Kier molecular flexibility index (Phi) is 6.57. The minimum absolute atomic E-state index is 0.192. The Morgan fingerprint density at radius 2 is 1.77 bits per heavy atom. The van der Waals surface area contributed by atoms with E-state index in [4.69, 9.17) is 4.74 Å². The van der Waals surface area contributed by atoms with E-state index in [0.29, 0.717) is 55.3 Å². The fourth-order valence-electron chi connectivity index (χ4n) is 5.43. The lowest BCUT2D eigenvalue weighted by atomic mass is 10.0. The molecule has 9 nitrogen and oxygen atoms in total. The molecule has 1 fully saturated rings. The van der Waals surface area contributed by atoms with E-state index in [1.165, 1.54) is 4.90 Å². The van der Waals surface area contributed by atoms with Gasteiger partial charge in [-0.1, -0.05) is 30.3 Å². The first kappa shape index (κ1) is 26.1. The molecule has 3 aromatic rings. The second kappa shape index (κ2) is 10.1. The van der Waals surface area contributed by atoms with Crippen LogP contribution in [0.15, 0.2) is 48.7 Å². The number of amides is 3. The third kappa shape index (κ3) is 5.06. The van der Waals surface area contributed by atoms with Crippen molar-refractivity contribution in [1.29, 1.82) is 0 Å². The van der Waals surface area contributed by atoms with Crippen molar-refractivity contribution in [3.8, 4) is 5.75 Å². The standard InChI is InChI=1S/C28H26F3N5O4/c29-28(30,31)23-14-35-11-10-34(15-24(35)32-23)12-17-4-6-18(7-5-17)16-40-22-3-1-2-19-20(22)13-36(27(19)39)21-8-9-25(37)33-26(21)38/h1-7,14,21H,8-13,15-16H2,(H,33,37,38). The minimum atomic E-state index is -4.45. The molecule has 3 aliphatic heterocycles. The van der Waals surface area contributed by atoms with Gasteiger partial charge in [0.25, 0.3) is 5.91 Å². The van der Waals surface area contributed by atoms with Gasteiger partial charge in [0.05, 0.1) is 13.1 Å². The Bertz CT molecular complexity index is 1480. The molecule has 208 valence electrons. The molecule has 1 unspecified atom stereocenters. The molecular weight excluding hydrogens is 527 g/mol. The number of ether oxygens (including phenoxy) is 1. The Balaban J connectivity index is 1.07. The van der Waals surface area contributed by atoms with Gasteiger partial charge in [-0.05, 0) is 29.7 Å². The lowest BCUT2D eigenvalue weighted by Crippen LogP contribution is -2.52. The van der Waals surface area contributed by atoms with E-state index >= 15 is 0 Å². The molecular formula is C28H26F3N5O4. The predicted molar refractivity (Wildman–Crippen MR) is 135 cm³/mol. The molecule has 0 saturated carbocycles. The topological polar surface area (TPSA) is 96.8 Å². The van der Waals surface area contributed by atoms with E-state index in [1.807, 2.05) is 24.3 Å². The summed E-state index contributed by atoms with van der Waals surface area (Å²) in [5, 5.41) is 2.30. The number of hydrogen-bond donors (Lipinski definition) is 1. The lowest BCUT2D eigenvalue weighted by Gasteiger charge is -2.29. The van der Waals surface area contributed by atoms with Crippen LogP contribution in [0.1, 0.15) is 51.4 Å². The summed E-state index contributed by atoms with van der Waals surface area (Å²) in [4.78, 5) is 44.2. The van der Waals surface area contributed by atoms with E-state index in [9.17, 15) is 27.6 Å². The first-order chi connectivity index (χ1) is 19.2. The number of imidazole rings is 1. The molecule has 0 aliphatic carbocycles. The Hall–Kier alpha value is -4.19. The van der Waals surface area contributed by atoms with Crippen LogP contribution in [0.5, 0.6) is 5.75 Å². The zero-order valence-electron chi connectivity index (χ0n) is 21.4. The third-order valence-corrected chi connectivity index (χ3v) is 7.53. The maximum absolute atomic E-state index is 13.0. The number of alkyl halides is 3. The van der Waals surface area contributed by atoms with Crippen molar-refractivity contribution in [1.82, 2.24) is 24.7 Å². The smallest absolute Gasteiger partial charge is 0.434 e. The van der Waals surface area contributed by atoms with Gasteiger partial charge in [0.1, 0.15) is 24.2 Å². The molecule has 0 bridgehead atoms. The first-order valence-corrected chi connectivity index (χ1v) is 13.0. The van der Waals surface area contributed by atoms with Crippen molar-refractivity contribution < 1.29 is 32.3 Å². The molecule has 6 rings (SSSR count). The van der Waals surface area contributed by atoms with E-state index in [0.717, 1.165) is 17.3 Å². The van der Waals surface area contributed by atoms with E-state index in [2.05, 4.69) is 15.2 Å². The SMILES string of the molecule is O=C1CCC(N2Cc3c(OCc4ccc(CN5CCn6cc(C(F)(F)F)nc6C5)cc4)cccc3C2=O)C(=O)N1. The summed E-state index contributed by atoms with van der Waals surface area (Å²) < 4.78 is 46.6. The number of nitrogens with zero attached hydrogens (tertiary/aromatic N) is 4. The molecule has 1 saturated heterocycles. The number of imide groups is 1. The lowest BCUT2D eigenvalue weighted by molar-refractivity contribution is -0.141. The highest BCUT2D eigenvalue weighted by Crippen LogP contribution is 2.34. The number of nitrogens with one attached hydrogen (secondary N) is 1. The molecule has 4 heterocycles. The fraction of sp³-hybridized carbons (Fsp3) is 0.357. The number of piperidine rings is 1. The van der Waals surface area contributed by atoms with Gasteiger partial charge in [0, 0.05) is 43.4 Å². The zero-order valence-corrected chi connectivity index (χ0v) is 21.4. The molecule has 0 spiro atoms. The summed E-state index contributed by atoms with van der Waals surface area (Å²) in [5.74, 6) is -0.0709. The monoisotopic (exact) mass is 553 g/mol. The quantitative estimate of drug-likeness (QED) is 0.471. The second-order valence-corrected chi connectivity index (χ2v) is 10.2. The number of hydrogen-bond acceptors (Lipinski definition) is 6. The van der Waals surface area contributed by atoms with Crippen molar-refractivity contribution in [3.63, 3.8) is 0 Å². The van der Waals surface area contributed by atoms with Gasteiger partial charge in [-0.3, -0.25) is 24.6 Å². The summed E-state index contributed by atoms with van der Waals surface area (Å²) in [6.07, 6.45) is -2.89. The maximum Gasteiger partial charge on any atom is 0.434 e. The molecule has 12 heteroatoms. The second-order valence-electron chi connectivity index (χ2n) is 10.2. The van der Waals surface area contributed by atoms with Gasteiger partial charge in [0.15, 0.2) is 5.69 Å². The number of carbonyl (C=O) groups excluding carboxylic acids is 3. The van der Waals surface area contributed by atoms with Crippen LogP contribution in [0.25, 0.3) is 0 Å². The van der Waals surface area contributed by atoms with Gasteiger partial charge >= 0.3 is 6.18 Å². The van der Waals surface area contributed by atoms with Gasteiger partial charge in [-0.25, -0.2) is 4.98 Å². The molecule has 1 atom stereocenters. The summed E-state index contributed by atoms with van der Waals surface area (Å²) >= 11 is 0. The van der Waals surface area contributed by atoms with Crippen LogP contribution in [-0.2, 0) is 48.6 Å². The summed E-state index contributed by atoms with van der Waals surface area (Å²) in [7, 11) is 0. The van der Waals surface area contributed by atoms with Crippen LogP contribution in [-0.4, -0.2) is 49.7 Å². The van der Waals surface area contributed by atoms with Crippen LogP contribution < -0.4 is 10.1 Å². The Morgan fingerprint density at radius 3 is 2.52 bits per heavy atom. The highest BCUT2D eigenvalue weighted by Gasteiger charge is 2.40. The highest BCUT2D eigenvalue weighted by atomic mass is 19.4. The summed E-state index contributed by atoms with van der Waals surface area (Å²) in [6.45, 7) is 2.50. The average Bonchev–Trinajstić information content (AvgIpc) is 3.50. The maximum atomic E-state index is 13.0. The predicted octanol–water partition coefficient (Wildman–Crippen LogP) is 3.26. The van der Waals surface area contributed by atoms with Crippen LogP contribution in [0.4, 0.5) is 13.2 Å². The normalized spacial score (nSPS) is 19.4. The van der Waals surface area contributed by atoms with Crippen LogP contribution in [0, 0.1) is 0 Å². The Morgan fingerprint density at radius 1 is 1.00 bits per heavy atom. The van der Waals surface area contributed by atoms with Gasteiger partial charge in [-0.15, -0.1) is 0 Å². The van der Waals surface area contributed by atoms with Crippen molar-refractivity contribution >= 4 is 17.7 Å². The van der Waals surface area contributed by atoms with Crippen molar-refractivity contribution in [2.75, 3.05) is 6.54 Å². The number of benzene rings is 2. The largest absolute Gasteiger partial charge is 0.489 e. The fourth-order valence-corrected chi connectivity index (χ4v) is 5.43. The molecule has 3 aliphatic rings. The molecule has 1 N–H and O–H groups in total. The molecule has 1 aromatic heterocycles. The number of fused-ring (bicyclic) bond motifs is 2. The average molecular weight is 554 g/mol. The van der Waals surface area contributed by atoms with Crippen LogP contribution in [0.3, 0.4) is 0 Å². The summed E-state index contributed by atoms with van der Waals surface area (Å²) in [5.41, 5.74) is 2.28. The zero-order chi connectivity index (χ0) is 28.0. The van der Waals surface area contributed by atoms with Crippen molar-refractivity contribution in [3.05, 3.63) is 82.4 Å². The number of halogens is 3.